The van der Waals surface area contributed by atoms with Gasteiger partial charge in [0.2, 0.25) is 0 Å². The van der Waals surface area contributed by atoms with Crippen molar-refractivity contribution < 1.29 is 19.1 Å². The molecule has 0 radical (unpaired) electrons. The first kappa shape index (κ1) is 18.5. The summed E-state index contributed by atoms with van der Waals surface area (Å²) in [5.41, 5.74) is 2.30. The van der Waals surface area contributed by atoms with Crippen LogP contribution in [-0.2, 0) is 16.1 Å². The van der Waals surface area contributed by atoms with Crippen molar-refractivity contribution in [1.82, 2.24) is 4.90 Å². The SMILES string of the molecule is CC1CN(C(=O)c2cccc(CN3C(=O)COc4ccccc43)c2)CC(C)O1. The lowest BCUT2D eigenvalue weighted by Crippen LogP contribution is -2.48. The van der Waals surface area contributed by atoms with E-state index in [0.29, 0.717) is 30.9 Å². The molecule has 0 aromatic heterocycles. The molecule has 0 N–H and O–H groups in total. The van der Waals surface area contributed by atoms with Crippen molar-refractivity contribution in [2.24, 2.45) is 0 Å². The van der Waals surface area contributed by atoms with E-state index in [-0.39, 0.29) is 30.6 Å². The molecular formula is C22H24N2O4. The third-order valence-electron chi connectivity index (χ3n) is 5.03. The maximum Gasteiger partial charge on any atom is 0.265 e. The summed E-state index contributed by atoms with van der Waals surface area (Å²) in [5, 5.41) is 0. The number of fused-ring (bicyclic) bond motifs is 1. The summed E-state index contributed by atoms with van der Waals surface area (Å²) in [6.45, 7) is 5.56. The number of rotatable bonds is 3. The first-order chi connectivity index (χ1) is 13.5. The molecule has 2 aromatic rings. The van der Waals surface area contributed by atoms with Crippen LogP contribution < -0.4 is 9.64 Å². The normalized spacial score (nSPS) is 21.9. The number of morpholine rings is 1. The number of nitrogens with zero attached hydrogens (tertiary/aromatic N) is 2. The minimum absolute atomic E-state index is 0.00226. The molecule has 146 valence electrons. The van der Waals surface area contributed by atoms with Gasteiger partial charge in [-0.15, -0.1) is 0 Å². The molecule has 1 saturated heterocycles. The highest BCUT2D eigenvalue weighted by atomic mass is 16.5. The topological polar surface area (TPSA) is 59.1 Å². The van der Waals surface area contributed by atoms with Gasteiger partial charge in [0, 0.05) is 18.7 Å². The molecule has 1 fully saturated rings. The molecule has 2 heterocycles. The Kier molecular flexibility index (Phi) is 5.05. The van der Waals surface area contributed by atoms with Crippen LogP contribution in [0.1, 0.15) is 29.8 Å². The third kappa shape index (κ3) is 3.73. The Balaban J connectivity index is 1.55. The van der Waals surface area contributed by atoms with E-state index in [9.17, 15) is 9.59 Å². The van der Waals surface area contributed by atoms with Gasteiger partial charge >= 0.3 is 0 Å². The van der Waals surface area contributed by atoms with Crippen LogP contribution in [0.25, 0.3) is 0 Å². The summed E-state index contributed by atoms with van der Waals surface area (Å²) in [6.07, 6.45) is 0.0525. The Morgan fingerprint density at radius 2 is 1.82 bits per heavy atom. The summed E-state index contributed by atoms with van der Waals surface area (Å²) >= 11 is 0. The van der Waals surface area contributed by atoms with Crippen LogP contribution >= 0.6 is 0 Å². The van der Waals surface area contributed by atoms with Gasteiger partial charge in [-0.25, -0.2) is 0 Å². The van der Waals surface area contributed by atoms with Crippen LogP contribution in [0.15, 0.2) is 48.5 Å². The monoisotopic (exact) mass is 380 g/mol. The molecule has 2 atom stereocenters. The van der Waals surface area contributed by atoms with Crippen LogP contribution in [0.2, 0.25) is 0 Å². The summed E-state index contributed by atoms with van der Waals surface area (Å²) in [7, 11) is 0. The molecule has 6 heteroatoms. The Labute approximate surface area is 164 Å². The minimum atomic E-state index is -0.0914. The second-order valence-corrected chi connectivity index (χ2v) is 7.40. The molecule has 0 saturated carbocycles. The van der Waals surface area contributed by atoms with Gasteiger partial charge in [-0.2, -0.15) is 0 Å². The van der Waals surface area contributed by atoms with E-state index >= 15 is 0 Å². The fourth-order valence-electron chi connectivity index (χ4n) is 3.84. The summed E-state index contributed by atoms with van der Waals surface area (Å²) < 4.78 is 11.2. The number of benzene rings is 2. The van der Waals surface area contributed by atoms with E-state index in [1.165, 1.54) is 0 Å². The lowest BCUT2D eigenvalue weighted by molar-refractivity contribution is -0.121. The number of hydrogen-bond donors (Lipinski definition) is 0. The molecular weight excluding hydrogens is 356 g/mol. The highest BCUT2D eigenvalue weighted by Gasteiger charge is 2.28. The Bertz CT molecular complexity index is 888. The predicted molar refractivity (Wildman–Crippen MR) is 105 cm³/mol. The van der Waals surface area contributed by atoms with Crippen molar-refractivity contribution in [1.29, 1.82) is 0 Å². The largest absolute Gasteiger partial charge is 0.482 e. The molecule has 6 nitrogen and oxygen atoms in total. The van der Waals surface area contributed by atoms with Crippen LogP contribution in [0, 0.1) is 0 Å². The summed E-state index contributed by atoms with van der Waals surface area (Å²) in [5.74, 6) is 0.606. The number of anilines is 1. The van der Waals surface area contributed by atoms with Crippen LogP contribution in [-0.4, -0.2) is 48.6 Å². The molecule has 0 spiro atoms. The Hall–Kier alpha value is -2.86. The second-order valence-electron chi connectivity index (χ2n) is 7.40. The van der Waals surface area contributed by atoms with E-state index < -0.39 is 0 Å². The fourth-order valence-corrected chi connectivity index (χ4v) is 3.84. The lowest BCUT2D eigenvalue weighted by Gasteiger charge is -2.35. The Morgan fingerprint density at radius 3 is 2.61 bits per heavy atom. The van der Waals surface area contributed by atoms with Gasteiger partial charge < -0.3 is 19.3 Å². The molecule has 28 heavy (non-hydrogen) atoms. The Morgan fingerprint density at radius 1 is 1.07 bits per heavy atom. The highest BCUT2D eigenvalue weighted by molar-refractivity contribution is 5.98. The van der Waals surface area contributed by atoms with Gasteiger partial charge in [-0.3, -0.25) is 9.59 Å². The van der Waals surface area contributed by atoms with Gasteiger partial charge in [0.1, 0.15) is 5.75 Å². The number of carbonyl (C=O) groups is 2. The van der Waals surface area contributed by atoms with Crippen LogP contribution in [0.3, 0.4) is 0 Å². The van der Waals surface area contributed by atoms with E-state index in [1.807, 2.05) is 67.3 Å². The zero-order chi connectivity index (χ0) is 19.7. The zero-order valence-corrected chi connectivity index (χ0v) is 16.1. The first-order valence-corrected chi connectivity index (χ1v) is 9.57. The number of amides is 2. The first-order valence-electron chi connectivity index (χ1n) is 9.57. The number of carbonyl (C=O) groups excluding carboxylic acids is 2. The number of para-hydroxylation sites is 2. The molecule has 2 aliphatic rings. The zero-order valence-electron chi connectivity index (χ0n) is 16.1. The molecule has 2 aliphatic heterocycles. The second kappa shape index (κ2) is 7.64. The predicted octanol–water partition coefficient (Wildman–Crippen LogP) is 2.86. The van der Waals surface area contributed by atoms with Crippen molar-refractivity contribution >= 4 is 17.5 Å². The summed E-state index contributed by atoms with van der Waals surface area (Å²) in [4.78, 5) is 28.9. The maximum absolute atomic E-state index is 13.0. The minimum Gasteiger partial charge on any atom is -0.482 e. The van der Waals surface area contributed by atoms with Gasteiger partial charge in [0.25, 0.3) is 11.8 Å². The van der Waals surface area contributed by atoms with E-state index in [1.54, 1.807) is 4.90 Å². The van der Waals surface area contributed by atoms with Gasteiger partial charge in [-0.05, 0) is 43.7 Å². The summed E-state index contributed by atoms with van der Waals surface area (Å²) in [6, 6.07) is 15.0. The van der Waals surface area contributed by atoms with Crippen molar-refractivity contribution in [3.63, 3.8) is 0 Å². The van der Waals surface area contributed by atoms with Gasteiger partial charge in [0.15, 0.2) is 6.61 Å². The van der Waals surface area contributed by atoms with Crippen LogP contribution in [0.4, 0.5) is 5.69 Å². The smallest absolute Gasteiger partial charge is 0.265 e. The molecule has 2 amide bonds. The molecule has 2 aromatic carbocycles. The quantitative estimate of drug-likeness (QED) is 0.822. The maximum atomic E-state index is 13.0. The van der Waals surface area contributed by atoms with Gasteiger partial charge in [-0.1, -0.05) is 24.3 Å². The average molecular weight is 380 g/mol. The average Bonchev–Trinajstić information content (AvgIpc) is 2.69. The fraction of sp³-hybridized carbons (Fsp3) is 0.364. The van der Waals surface area contributed by atoms with Crippen molar-refractivity contribution in [2.75, 3.05) is 24.6 Å². The van der Waals surface area contributed by atoms with Crippen molar-refractivity contribution in [3.05, 3.63) is 59.7 Å². The van der Waals surface area contributed by atoms with E-state index in [0.717, 1.165) is 11.3 Å². The number of ether oxygens (including phenoxy) is 2. The standard InChI is InChI=1S/C22H24N2O4/c1-15-11-23(12-16(2)28-15)22(26)18-7-5-6-17(10-18)13-24-19-8-3-4-9-20(19)27-14-21(24)25/h3-10,15-16H,11-14H2,1-2H3. The van der Waals surface area contributed by atoms with Gasteiger partial charge in [0.05, 0.1) is 24.4 Å². The van der Waals surface area contributed by atoms with Crippen molar-refractivity contribution in [2.45, 2.75) is 32.6 Å². The van der Waals surface area contributed by atoms with Crippen molar-refractivity contribution in [3.8, 4) is 5.75 Å². The lowest BCUT2D eigenvalue weighted by atomic mass is 10.1. The van der Waals surface area contributed by atoms with Crippen LogP contribution in [0.5, 0.6) is 5.75 Å². The molecule has 0 bridgehead atoms. The molecule has 4 rings (SSSR count). The molecule has 0 aliphatic carbocycles. The number of hydrogen-bond acceptors (Lipinski definition) is 4. The van der Waals surface area contributed by atoms with E-state index in [4.69, 9.17) is 9.47 Å². The molecule has 2 unspecified atom stereocenters. The third-order valence-corrected chi connectivity index (χ3v) is 5.03. The van der Waals surface area contributed by atoms with E-state index in [2.05, 4.69) is 0 Å². The highest BCUT2D eigenvalue weighted by Crippen LogP contribution is 2.32.